The molecule has 0 amide bonds. The Balaban J connectivity index is 2.74. The predicted molar refractivity (Wildman–Crippen MR) is 61.3 cm³/mol. The molecular formula is C8H8N4S2. The summed E-state index contributed by atoms with van der Waals surface area (Å²) in [6.07, 6.45) is 1.58. The van der Waals surface area contributed by atoms with Gasteiger partial charge in [0.1, 0.15) is 10.9 Å². The standard InChI is InChI=1S/C8H8N4S2/c1-5-2-6(14-7(5)3-9)4-11-12-8(10)13/h2,4H,1H3,(H3,10,12,13)/b11-4+. The molecule has 4 nitrogen and oxygen atoms in total. The minimum absolute atomic E-state index is 0.120. The molecule has 0 aliphatic rings. The molecule has 0 fully saturated rings. The zero-order chi connectivity index (χ0) is 10.6. The largest absolute Gasteiger partial charge is 0.375 e. The SMILES string of the molecule is Cc1cc(/C=N/NC(N)=S)sc1C#N. The summed E-state index contributed by atoms with van der Waals surface area (Å²) in [6, 6.07) is 3.98. The summed E-state index contributed by atoms with van der Waals surface area (Å²) in [5, 5.41) is 12.6. The zero-order valence-corrected chi connectivity index (χ0v) is 9.08. The van der Waals surface area contributed by atoms with E-state index in [1.807, 2.05) is 13.0 Å². The fourth-order valence-electron chi connectivity index (χ4n) is 0.841. The Kier molecular flexibility index (Phi) is 3.56. The number of nitrogens with two attached hydrogens (primary N) is 1. The van der Waals surface area contributed by atoms with E-state index >= 15 is 0 Å². The Morgan fingerprint density at radius 1 is 1.86 bits per heavy atom. The molecule has 0 radical (unpaired) electrons. The van der Waals surface area contributed by atoms with Gasteiger partial charge in [0.2, 0.25) is 0 Å². The first-order chi connectivity index (χ1) is 6.63. The molecule has 0 spiro atoms. The quantitative estimate of drug-likeness (QED) is 0.448. The van der Waals surface area contributed by atoms with Gasteiger partial charge in [0.05, 0.1) is 6.21 Å². The second-order valence-electron chi connectivity index (χ2n) is 2.51. The van der Waals surface area contributed by atoms with Crippen molar-refractivity contribution in [3.63, 3.8) is 0 Å². The zero-order valence-electron chi connectivity index (χ0n) is 7.44. The number of hydrogen-bond donors (Lipinski definition) is 2. The van der Waals surface area contributed by atoms with E-state index < -0.39 is 0 Å². The molecule has 1 heterocycles. The van der Waals surface area contributed by atoms with Crippen molar-refractivity contribution in [3.05, 3.63) is 21.4 Å². The van der Waals surface area contributed by atoms with Crippen molar-refractivity contribution < 1.29 is 0 Å². The van der Waals surface area contributed by atoms with Gasteiger partial charge in [-0.25, -0.2) is 0 Å². The lowest BCUT2D eigenvalue weighted by atomic mass is 10.3. The smallest absolute Gasteiger partial charge is 0.184 e. The Hall–Kier alpha value is -1.45. The molecule has 0 atom stereocenters. The van der Waals surface area contributed by atoms with Gasteiger partial charge >= 0.3 is 0 Å². The number of aryl methyl sites for hydroxylation is 1. The number of nitriles is 1. The highest BCUT2D eigenvalue weighted by atomic mass is 32.1. The minimum Gasteiger partial charge on any atom is -0.375 e. The third-order valence-electron chi connectivity index (χ3n) is 1.40. The van der Waals surface area contributed by atoms with Gasteiger partial charge in [-0.1, -0.05) is 0 Å². The summed E-state index contributed by atoms with van der Waals surface area (Å²) in [6.45, 7) is 1.88. The van der Waals surface area contributed by atoms with Crippen LogP contribution in [0.1, 0.15) is 15.3 Å². The summed E-state index contributed by atoms with van der Waals surface area (Å²) in [5.41, 5.74) is 8.57. The van der Waals surface area contributed by atoms with Crippen LogP contribution in [0.5, 0.6) is 0 Å². The highest BCUT2D eigenvalue weighted by molar-refractivity contribution is 7.80. The molecule has 0 unspecified atom stereocenters. The van der Waals surface area contributed by atoms with Crippen molar-refractivity contribution >= 4 is 34.9 Å². The lowest BCUT2D eigenvalue weighted by molar-refractivity contribution is 1.04. The average molecular weight is 224 g/mol. The van der Waals surface area contributed by atoms with E-state index in [4.69, 9.17) is 11.0 Å². The van der Waals surface area contributed by atoms with E-state index in [0.717, 1.165) is 10.4 Å². The molecule has 0 saturated carbocycles. The van der Waals surface area contributed by atoms with Gasteiger partial charge in [0.25, 0.3) is 0 Å². The molecule has 3 N–H and O–H groups in total. The molecule has 0 aliphatic heterocycles. The van der Waals surface area contributed by atoms with Gasteiger partial charge in [-0.3, -0.25) is 5.43 Å². The minimum atomic E-state index is 0.120. The molecule has 0 aliphatic carbocycles. The summed E-state index contributed by atoms with van der Waals surface area (Å²) < 4.78 is 0. The lowest BCUT2D eigenvalue weighted by Crippen LogP contribution is -2.23. The number of hydrazone groups is 1. The van der Waals surface area contributed by atoms with E-state index in [-0.39, 0.29) is 5.11 Å². The number of nitrogens with zero attached hydrogens (tertiary/aromatic N) is 2. The topological polar surface area (TPSA) is 74.2 Å². The van der Waals surface area contributed by atoms with Crippen LogP contribution in [0.4, 0.5) is 0 Å². The van der Waals surface area contributed by atoms with Crippen molar-refractivity contribution in [2.75, 3.05) is 0 Å². The fraction of sp³-hybridized carbons (Fsp3) is 0.125. The molecule has 0 bridgehead atoms. The normalized spacial score (nSPS) is 10.0. The maximum atomic E-state index is 8.70. The van der Waals surface area contributed by atoms with Crippen molar-refractivity contribution in [2.24, 2.45) is 10.8 Å². The van der Waals surface area contributed by atoms with Crippen LogP contribution in [-0.2, 0) is 0 Å². The molecule has 0 aromatic carbocycles. The van der Waals surface area contributed by atoms with Crippen LogP contribution < -0.4 is 11.2 Å². The first kappa shape index (κ1) is 10.6. The monoisotopic (exact) mass is 224 g/mol. The van der Waals surface area contributed by atoms with Crippen molar-refractivity contribution in [1.29, 1.82) is 5.26 Å². The van der Waals surface area contributed by atoms with Crippen molar-refractivity contribution in [2.45, 2.75) is 6.92 Å². The molecule has 1 aromatic rings. The summed E-state index contributed by atoms with van der Waals surface area (Å²) in [4.78, 5) is 1.59. The summed E-state index contributed by atoms with van der Waals surface area (Å²) in [5.74, 6) is 0. The number of thiophene rings is 1. The molecule has 1 aromatic heterocycles. The number of nitrogens with one attached hydrogen (secondary N) is 1. The van der Waals surface area contributed by atoms with Crippen molar-refractivity contribution in [3.8, 4) is 6.07 Å². The molecule has 72 valence electrons. The third-order valence-corrected chi connectivity index (χ3v) is 2.57. The summed E-state index contributed by atoms with van der Waals surface area (Å²) in [7, 11) is 0. The van der Waals surface area contributed by atoms with Crippen LogP contribution in [-0.4, -0.2) is 11.3 Å². The van der Waals surface area contributed by atoms with Crippen LogP contribution in [0.3, 0.4) is 0 Å². The van der Waals surface area contributed by atoms with Crippen LogP contribution in [0.15, 0.2) is 11.2 Å². The number of hydrogen-bond acceptors (Lipinski definition) is 4. The number of thiocarbonyl (C=S) groups is 1. The summed E-state index contributed by atoms with van der Waals surface area (Å²) >= 11 is 5.95. The third kappa shape index (κ3) is 2.80. The van der Waals surface area contributed by atoms with Gasteiger partial charge in [-0.2, -0.15) is 10.4 Å². The van der Waals surface area contributed by atoms with Gasteiger partial charge < -0.3 is 5.73 Å². The second-order valence-corrected chi connectivity index (χ2v) is 4.03. The van der Waals surface area contributed by atoms with Crippen LogP contribution in [0.25, 0.3) is 0 Å². The van der Waals surface area contributed by atoms with Crippen LogP contribution >= 0.6 is 23.6 Å². The predicted octanol–water partition coefficient (Wildman–Crippen LogP) is 1.10. The van der Waals surface area contributed by atoms with E-state index in [1.165, 1.54) is 11.3 Å². The first-order valence-electron chi connectivity index (χ1n) is 3.72. The Bertz CT molecular complexity index is 413. The molecule has 1 rings (SSSR count). The van der Waals surface area contributed by atoms with Crippen LogP contribution in [0, 0.1) is 18.3 Å². The lowest BCUT2D eigenvalue weighted by Gasteiger charge is -1.91. The van der Waals surface area contributed by atoms with E-state index in [9.17, 15) is 0 Å². The van der Waals surface area contributed by atoms with Crippen molar-refractivity contribution in [1.82, 2.24) is 5.43 Å². The molecule has 0 saturated heterocycles. The number of rotatable bonds is 2. The Morgan fingerprint density at radius 3 is 3.07 bits per heavy atom. The second kappa shape index (κ2) is 4.69. The molecule has 14 heavy (non-hydrogen) atoms. The van der Waals surface area contributed by atoms with Gasteiger partial charge in [-0.05, 0) is 30.8 Å². The highest BCUT2D eigenvalue weighted by Gasteiger charge is 2.01. The molecule has 6 heteroatoms. The van der Waals surface area contributed by atoms with Crippen LogP contribution in [0.2, 0.25) is 0 Å². The first-order valence-corrected chi connectivity index (χ1v) is 4.95. The maximum absolute atomic E-state index is 8.70. The maximum Gasteiger partial charge on any atom is 0.184 e. The Morgan fingerprint density at radius 2 is 2.57 bits per heavy atom. The fourth-order valence-corrected chi connectivity index (χ4v) is 1.74. The van der Waals surface area contributed by atoms with E-state index in [1.54, 1.807) is 6.21 Å². The highest BCUT2D eigenvalue weighted by Crippen LogP contribution is 2.18. The van der Waals surface area contributed by atoms with E-state index in [2.05, 4.69) is 28.8 Å². The van der Waals surface area contributed by atoms with E-state index in [0.29, 0.717) is 4.88 Å². The molecular weight excluding hydrogens is 216 g/mol. The van der Waals surface area contributed by atoms with Gasteiger partial charge in [-0.15, -0.1) is 11.3 Å². The Labute approximate surface area is 91.0 Å². The van der Waals surface area contributed by atoms with Gasteiger partial charge in [0.15, 0.2) is 5.11 Å². The van der Waals surface area contributed by atoms with Gasteiger partial charge in [0, 0.05) is 4.88 Å². The average Bonchev–Trinajstić information content (AvgIpc) is 2.45.